The van der Waals surface area contributed by atoms with Crippen molar-refractivity contribution in [1.29, 1.82) is 0 Å². The number of anilines is 3. The summed E-state index contributed by atoms with van der Waals surface area (Å²) in [5.74, 6) is 0. The Morgan fingerprint density at radius 2 is 1.12 bits per heavy atom. The molecule has 9 rings (SSSR count). The van der Waals surface area contributed by atoms with E-state index in [0.29, 0.717) is 0 Å². The Labute approximate surface area is 247 Å². The average Bonchev–Trinajstić information content (AvgIpc) is 3.64. The van der Waals surface area contributed by atoms with Gasteiger partial charge >= 0.3 is 0 Å². The summed E-state index contributed by atoms with van der Waals surface area (Å²) < 4.78 is 12.8. The largest absolute Gasteiger partial charge is 0.456 e. The van der Waals surface area contributed by atoms with Crippen molar-refractivity contribution in [3.8, 4) is 11.1 Å². The lowest BCUT2D eigenvalue weighted by molar-refractivity contribution is 0.669. The lowest BCUT2D eigenvalue weighted by atomic mass is 10.0. The van der Waals surface area contributed by atoms with Crippen molar-refractivity contribution in [2.45, 2.75) is 0 Å². The number of para-hydroxylation sites is 3. The van der Waals surface area contributed by atoms with E-state index in [9.17, 15) is 0 Å². The Morgan fingerprint density at radius 1 is 0.395 bits per heavy atom. The summed E-state index contributed by atoms with van der Waals surface area (Å²) in [7, 11) is 0. The lowest BCUT2D eigenvalue weighted by Crippen LogP contribution is -2.10. The van der Waals surface area contributed by atoms with Gasteiger partial charge in [0.2, 0.25) is 0 Å². The molecule has 0 radical (unpaired) electrons. The molecule has 3 heteroatoms. The monoisotopic (exact) mass is 551 g/mol. The fourth-order valence-electron chi connectivity index (χ4n) is 6.44. The first-order chi connectivity index (χ1) is 21.3. The van der Waals surface area contributed by atoms with E-state index in [1.807, 2.05) is 18.2 Å². The summed E-state index contributed by atoms with van der Waals surface area (Å²) in [5.41, 5.74) is 8.96. The van der Waals surface area contributed by atoms with E-state index in [1.54, 1.807) is 0 Å². The average molecular weight is 552 g/mol. The third-order valence-electron chi connectivity index (χ3n) is 8.46. The van der Waals surface area contributed by atoms with Gasteiger partial charge in [0, 0.05) is 32.9 Å². The molecule has 0 aliphatic heterocycles. The van der Waals surface area contributed by atoms with Gasteiger partial charge in [0.05, 0.1) is 5.69 Å². The topological polar surface area (TPSA) is 29.5 Å². The van der Waals surface area contributed by atoms with E-state index in [4.69, 9.17) is 8.83 Å². The van der Waals surface area contributed by atoms with E-state index in [0.717, 1.165) is 66.7 Å². The minimum absolute atomic E-state index is 0.875. The van der Waals surface area contributed by atoms with Crippen LogP contribution in [0.5, 0.6) is 0 Å². The van der Waals surface area contributed by atoms with Crippen LogP contribution in [0.2, 0.25) is 0 Å². The molecule has 0 aliphatic carbocycles. The molecule has 2 aromatic heterocycles. The molecule has 202 valence electrons. The normalized spacial score (nSPS) is 11.7. The molecule has 0 saturated carbocycles. The SMILES string of the molecule is c1ccc(N(c2ccc(-c3ccc4c(c3)oc3ccc5ccccc5c34)cc2)c2cccc3c2oc2ccccc23)cc1. The summed E-state index contributed by atoms with van der Waals surface area (Å²) in [6.45, 7) is 0. The highest BCUT2D eigenvalue weighted by Crippen LogP contribution is 2.42. The van der Waals surface area contributed by atoms with Crippen LogP contribution in [0.15, 0.2) is 160 Å². The summed E-state index contributed by atoms with van der Waals surface area (Å²) in [6.07, 6.45) is 0. The maximum absolute atomic E-state index is 6.44. The summed E-state index contributed by atoms with van der Waals surface area (Å²) in [5, 5.41) is 6.99. The fraction of sp³-hybridized carbons (Fsp3) is 0. The number of hydrogen-bond donors (Lipinski definition) is 0. The zero-order valence-electron chi connectivity index (χ0n) is 23.2. The Kier molecular flexibility index (Phi) is 5.20. The van der Waals surface area contributed by atoms with Crippen molar-refractivity contribution in [3.63, 3.8) is 0 Å². The van der Waals surface area contributed by atoms with Gasteiger partial charge in [-0.1, -0.05) is 97.1 Å². The highest BCUT2D eigenvalue weighted by molar-refractivity contribution is 6.19. The molecule has 0 saturated heterocycles. The molecule has 0 spiro atoms. The van der Waals surface area contributed by atoms with E-state index in [1.165, 1.54) is 16.2 Å². The molecule has 0 amide bonds. The molecule has 0 unspecified atom stereocenters. The van der Waals surface area contributed by atoms with E-state index in [-0.39, 0.29) is 0 Å². The fourth-order valence-corrected chi connectivity index (χ4v) is 6.44. The van der Waals surface area contributed by atoms with Crippen LogP contribution < -0.4 is 4.90 Å². The van der Waals surface area contributed by atoms with Gasteiger partial charge in [-0.25, -0.2) is 0 Å². The molecule has 0 atom stereocenters. The van der Waals surface area contributed by atoms with Crippen molar-refractivity contribution in [2.75, 3.05) is 4.90 Å². The summed E-state index contributed by atoms with van der Waals surface area (Å²) in [6, 6.07) is 53.0. The lowest BCUT2D eigenvalue weighted by Gasteiger charge is -2.25. The van der Waals surface area contributed by atoms with Gasteiger partial charge < -0.3 is 13.7 Å². The molecule has 0 bridgehead atoms. The standard InChI is InChI=1S/C40H25NO2/c1-2-10-29(11-3-1)41(35-15-8-14-33-32-13-6-7-16-36(32)43-40(33)35)30-21-17-26(18-22-30)28-19-23-34-38(25-28)42-37-24-20-27-9-4-5-12-31(27)39(34)37/h1-25H. The molecule has 0 N–H and O–H groups in total. The van der Waals surface area contributed by atoms with Crippen LogP contribution in [0.1, 0.15) is 0 Å². The van der Waals surface area contributed by atoms with Gasteiger partial charge in [-0.05, 0) is 76.5 Å². The second-order valence-corrected chi connectivity index (χ2v) is 10.9. The number of fused-ring (bicyclic) bond motifs is 8. The number of rotatable bonds is 4. The van der Waals surface area contributed by atoms with Gasteiger partial charge in [-0.2, -0.15) is 0 Å². The van der Waals surface area contributed by atoms with E-state index < -0.39 is 0 Å². The molecular weight excluding hydrogens is 526 g/mol. The van der Waals surface area contributed by atoms with Crippen LogP contribution >= 0.6 is 0 Å². The predicted octanol–water partition coefficient (Wildman–Crippen LogP) is 11.8. The molecule has 3 nitrogen and oxygen atoms in total. The third-order valence-corrected chi connectivity index (χ3v) is 8.46. The van der Waals surface area contributed by atoms with Crippen molar-refractivity contribution < 1.29 is 8.83 Å². The van der Waals surface area contributed by atoms with Crippen LogP contribution in [0.25, 0.3) is 65.8 Å². The number of hydrogen-bond acceptors (Lipinski definition) is 3. The Balaban J connectivity index is 1.16. The Bertz CT molecular complexity index is 2450. The predicted molar refractivity (Wildman–Crippen MR) is 179 cm³/mol. The zero-order chi connectivity index (χ0) is 28.3. The van der Waals surface area contributed by atoms with Crippen LogP contribution in [0.4, 0.5) is 17.1 Å². The number of furan rings is 2. The molecule has 43 heavy (non-hydrogen) atoms. The highest BCUT2D eigenvalue weighted by atomic mass is 16.3. The second-order valence-electron chi connectivity index (χ2n) is 10.9. The highest BCUT2D eigenvalue weighted by Gasteiger charge is 2.19. The van der Waals surface area contributed by atoms with Gasteiger partial charge in [-0.3, -0.25) is 0 Å². The molecule has 0 aliphatic rings. The van der Waals surface area contributed by atoms with Crippen molar-refractivity contribution in [2.24, 2.45) is 0 Å². The van der Waals surface area contributed by atoms with Gasteiger partial charge in [-0.15, -0.1) is 0 Å². The number of benzene rings is 7. The van der Waals surface area contributed by atoms with Gasteiger partial charge in [0.25, 0.3) is 0 Å². The molecule has 9 aromatic rings. The van der Waals surface area contributed by atoms with Crippen LogP contribution in [-0.2, 0) is 0 Å². The van der Waals surface area contributed by atoms with Gasteiger partial charge in [0.15, 0.2) is 5.58 Å². The quantitative estimate of drug-likeness (QED) is 0.218. The smallest absolute Gasteiger partial charge is 0.159 e. The van der Waals surface area contributed by atoms with Crippen molar-refractivity contribution >= 4 is 71.7 Å². The Morgan fingerprint density at radius 3 is 2.00 bits per heavy atom. The van der Waals surface area contributed by atoms with E-state index in [2.05, 4.69) is 138 Å². The van der Waals surface area contributed by atoms with Crippen molar-refractivity contribution in [3.05, 3.63) is 152 Å². The van der Waals surface area contributed by atoms with Crippen LogP contribution in [0, 0.1) is 0 Å². The molecular formula is C40H25NO2. The molecule has 2 heterocycles. The summed E-state index contributed by atoms with van der Waals surface area (Å²) >= 11 is 0. The molecule has 7 aromatic carbocycles. The zero-order valence-corrected chi connectivity index (χ0v) is 23.2. The maximum atomic E-state index is 6.44. The minimum Gasteiger partial charge on any atom is -0.456 e. The molecule has 0 fully saturated rings. The maximum Gasteiger partial charge on any atom is 0.159 e. The van der Waals surface area contributed by atoms with Crippen LogP contribution in [-0.4, -0.2) is 0 Å². The van der Waals surface area contributed by atoms with Crippen molar-refractivity contribution in [1.82, 2.24) is 0 Å². The van der Waals surface area contributed by atoms with Gasteiger partial charge in [0.1, 0.15) is 16.7 Å². The third kappa shape index (κ3) is 3.75. The Hall–Kier alpha value is -5.80. The second kappa shape index (κ2) is 9.37. The van der Waals surface area contributed by atoms with E-state index >= 15 is 0 Å². The first kappa shape index (κ1) is 23.9. The first-order valence-corrected chi connectivity index (χ1v) is 14.5. The summed E-state index contributed by atoms with van der Waals surface area (Å²) in [4.78, 5) is 2.27. The minimum atomic E-state index is 0.875. The number of nitrogens with zero attached hydrogens (tertiary/aromatic N) is 1. The first-order valence-electron chi connectivity index (χ1n) is 14.5. The van der Waals surface area contributed by atoms with Crippen LogP contribution in [0.3, 0.4) is 0 Å².